The molecule has 0 saturated heterocycles. The van der Waals surface area contributed by atoms with Crippen LogP contribution < -0.4 is 5.43 Å². The Kier molecular flexibility index (Phi) is 2.25. The molecule has 6 heavy (non-hydrogen) atoms. The van der Waals surface area contributed by atoms with Gasteiger partial charge in [-0.25, -0.2) is 0 Å². The minimum Gasteiger partial charge on any atom is -0.274 e. The zero-order chi connectivity index (χ0) is 4.99. The fourth-order valence-corrected chi connectivity index (χ4v) is 0.103. The molecule has 0 atom stereocenters. The van der Waals surface area contributed by atoms with Crippen LogP contribution in [0.2, 0.25) is 0 Å². The van der Waals surface area contributed by atoms with E-state index in [4.69, 9.17) is 12.0 Å². The van der Waals surface area contributed by atoms with Gasteiger partial charge in [-0.3, -0.25) is 5.41 Å². The first kappa shape index (κ1) is 5.31. The Hall–Kier alpha value is -0.690. The third-order valence-electron chi connectivity index (χ3n) is 0.162. The lowest BCUT2D eigenvalue weighted by Crippen LogP contribution is -2.04. The van der Waals surface area contributed by atoms with Crippen molar-refractivity contribution in [3.05, 3.63) is 11.5 Å². The molecular weight excluding hydrogens is 98.1 g/mol. The third-order valence-corrected chi connectivity index (χ3v) is 0.262. The van der Waals surface area contributed by atoms with E-state index in [0.717, 1.165) is 0 Å². The summed E-state index contributed by atoms with van der Waals surface area (Å²) in [6.45, 7) is 6.06. The normalized spacial score (nSPS) is 6.00. The molecule has 0 saturated carbocycles. The minimum atomic E-state index is -0.120. The predicted molar refractivity (Wildman–Crippen MR) is 26.5 cm³/mol. The molecule has 0 bridgehead atoms. The fraction of sp³-hybridized carbons (Fsp3) is 0. The number of hydrogen-bond donors (Lipinski definition) is 3. The highest BCUT2D eigenvalue weighted by atomic mass is 32.1. The Labute approximate surface area is 41.1 Å². The molecule has 0 aromatic heterocycles. The molecule has 32 valence electrons. The van der Waals surface area contributed by atoms with Crippen molar-refractivity contribution >= 4 is 17.8 Å². The number of thiol groups is 1. The number of hydrogen-bond acceptors (Lipinski definition) is 1. The summed E-state index contributed by atoms with van der Waals surface area (Å²) in [7, 11) is 0. The SMILES string of the molecule is [C-]#[N+]NC(=N)S. The average molecular weight is 101 g/mol. The number of amidine groups is 1. The van der Waals surface area contributed by atoms with E-state index < -0.39 is 0 Å². The van der Waals surface area contributed by atoms with E-state index in [0.29, 0.717) is 0 Å². The van der Waals surface area contributed by atoms with Crippen LogP contribution in [0.1, 0.15) is 0 Å². The number of nitrogens with one attached hydrogen (secondary N) is 2. The van der Waals surface area contributed by atoms with E-state index in [2.05, 4.69) is 17.6 Å². The second-order valence-electron chi connectivity index (χ2n) is 0.572. The lowest BCUT2D eigenvalue weighted by atomic mass is 11.3. The van der Waals surface area contributed by atoms with Crippen molar-refractivity contribution in [1.82, 2.24) is 5.43 Å². The third kappa shape index (κ3) is 3.31. The molecule has 0 aromatic rings. The van der Waals surface area contributed by atoms with Crippen LogP contribution in [0.4, 0.5) is 0 Å². The Balaban J connectivity index is 3.13. The van der Waals surface area contributed by atoms with E-state index in [1.165, 1.54) is 0 Å². The molecule has 0 amide bonds. The molecule has 0 radical (unpaired) electrons. The molecule has 4 heteroatoms. The van der Waals surface area contributed by atoms with E-state index in [1.54, 1.807) is 0 Å². The summed E-state index contributed by atoms with van der Waals surface area (Å²) < 4.78 is 0. The molecule has 0 fully saturated rings. The predicted octanol–water partition coefficient (Wildman–Crippen LogP) is 0.275. The van der Waals surface area contributed by atoms with Crippen LogP contribution in [0, 0.1) is 12.0 Å². The molecule has 0 unspecified atom stereocenters. The van der Waals surface area contributed by atoms with Crippen LogP contribution in [0.15, 0.2) is 0 Å². The lowest BCUT2D eigenvalue weighted by Gasteiger charge is -1.75. The summed E-state index contributed by atoms with van der Waals surface area (Å²) in [5.41, 5.74) is 1.95. The van der Waals surface area contributed by atoms with Crippen LogP contribution >= 0.6 is 12.6 Å². The van der Waals surface area contributed by atoms with E-state index in [1.807, 2.05) is 5.43 Å². The van der Waals surface area contributed by atoms with Crippen LogP contribution in [-0.2, 0) is 0 Å². The number of nitrogens with zero attached hydrogens (tertiary/aromatic N) is 1. The van der Waals surface area contributed by atoms with Crippen LogP contribution in [0.5, 0.6) is 0 Å². The zero-order valence-electron chi connectivity index (χ0n) is 2.89. The Morgan fingerprint density at radius 3 is 2.50 bits per heavy atom. The molecule has 0 spiro atoms. The van der Waals surface area contributed by atoms with Gasteiger partial charge in [0.15, 0.2) is 0 Å². The lowest BCUT2D eigenvalue weighted by molar-refractivity contribution is 1.27. The first-order valence-corrected chi connectivity index (χ1v) is 1.62. The average Bonchev–Trinajstić information content (AvgIpc) is 1.35. The van der Waals surface area contributed by atoms with E-state index in [9.17, 15) is 0 Å². The maximum atomic E-state index is 6.43. The molecule has 0 aromatic carbocycles. The number of rotatable bonds is 0. The van der Waals surface area contributed by atoms with Gasteiger partial charge in [-0.15, -0.1) is 0 Å². The van der Waals surface area contributed by atoms with Crippen molar-refractivity contribution < 1.29 is 0 Å². The first-order valence-electron chi connectivity index (χ1n) is 1.17. The largest absolute Gasteiger partial charge is 0.274 e. The highest BCUT2D eigenvalue weighted by Crippen LogP contribution is 1.67. The summed E-state index contributed by atoms with van der Waals surface area (Å²) in [5.74, 6) is 0. The van der Waals surface area contributed by atoms with Crippen molar-refractivity contribution in [3.63, 3.8) is 0 Å². The maximum absolute atomic E-state index is 6.43. The summed E-state index contributed by atoms with van der Waals surface area (Å²) in [6, 6.07) is 0. The van der Waals surface area contributed by atoms with Gasteiger partial charge in [0.05, 0.1) is 0 Å². The molecule has 0 aliphatic carbocycles. The summed E-state index contributed by atoms with van der Waals surface area (Å²) >= 11 is 3.44. The zero-order valence-corrected chi connectivity index (χ0v) is 3.79. The minimum absolute atomic E-state index is 0.120. The topological polar surface area (TPSA) is 40.2 Å². The Morgan fingerprint density at radius 2 is 2.50 bits per heavy atom. The molecule has 3 nitrogen and oxygen atoms in total. The summed E-state index contributed by atoms with van der Waals surface area (Å²) in [5, 5.41) is 6.31. The van der Waals surface area contributed by atoms with Gasteiger partial charge in [0.1, 0.15) is 0 Å². The van der Waals surface area contributed by atoms with Gasteiger partial charge in [0, 0.05) is 0 Å². The highest BCUT2D eigenvalue weighted by Gasteiger charge is 1.78. The highest BCUT2D eigenvalue weighted by molar-refractivity contribution is 7.96. The van der Waals surface area contributed by atoms with Gasteiger partial charge >= 0.3 is 0 Å². The Morgan fingerprint density at radius 1 is 2.00 bits per heavy atom. The van der Waals surface area contributed by atoms with Crippen molar-refractivity contribution in [2.45, 2.75) is 0 Å². The quantitative estimate of drug-likeness (QED) is 0.132. The van der Waals surface area contributed by atoms with Gasteiger partial charge in [-0.05, 0) is 0 Å². The Bertz CT molecular complexity index is 91.5. The van der Waals surface area contributed by atoms with Crippen LogP contribution in [0.25, 0.3) is 4.95 Å². The van der Waals surface area contributed by atoms with Crippen molar-refractivity contribution in [1.29, 1.82) is 5.41 Å². The van der Waals surface area contributed by atoms with Crippen molar-refractivity contribution in [2.75, 3.05) is 0 Å². The molecule has 2 N–H and O–H groups in total. The van der Waals surface area contributed by atoms with E-state index >= 15 is 0 Å². The van der Waals surface area contributed by atoms with Crippen LogP contribution in [0.3, 0.4) is 0 Å². The second kappa shape index (κ2) is 2.54. The molecule has 0 aliphatic rings. The summed E-state index contributed by atoms with van der Waals surface area (Å²) in [4.78, 5) is 2.63. The van der Waals surface area contributed by atoms with Crippen molar-refractivity contribution in [2.24, 2.45) is 0 Å². The van der Waals surface area contributed by atoms with Gasteiger partial charge < -0.3 is 0 Å². The molecule has 0 aliphatic heterocycles. The van der Waals surface area contributed by atoms with Crippen molar-refractivity contribution in [3.8, 4) is 0 Å². The van der Waals surface area contributed by atoms with Gasteiger partial charge in [0.25, 0.3) is 0 Å². The monoisotopic (exact) mass is 101 g/mol. The second-order valence-corrected chi connectivity index (χ2v) is 1.02. The fourth-order valence-electron chi connectivity index (χ4n) is 0.0530. The molecular formula is C2H3N3S. The van der Waals surface area contributed by atoms with Gasteiger partial charge in [-0.2, -0.15) is 11.5 Å². The maximum Gasteiger partial charge on any atom is 0.222 e. The van der Waals surface area contributed by atoms with E-state index in [-0.39, 0.29) is 5.17 Å². The standard InChI is InChI=1S/C2H3N3S/c1-4-5-2(3)6/h(H3,3,5,6). The molecule has 0 rings (SSSR count). The molecule has 0 heterocycles. The first-order chi connectivity index (χ1) is 2.77. The van der Waals surface area contributed by atoms with Gasteiger partial charge in [-0.1, -0.05) is 18.1 Å². The van der Waals surface area contributed by atoms with Gasteiger partial charge in [0.2, 0.25) is 5.17 Å². The van der Waals surface area contributed by atoms with Crippen LogP contribution in [-0.4, -0.2) is 5.17 Å². The smallest absolute Gasteiger partial charge is 0.222 e. The summed E-state index contributed by atoms with van der Waals surface area (Å²) in [6.07, 6.45) is 0.